The molecule has 1 unspecified atom stereocenters. The van der Waals surface area contributed by atoms with Gasteiger partial charge in [0.25, 0.3) is 0 Å². The molecule has 1 atom stereocenters. The van der Waals surface area contributed by atoms with Gasteiger partial charge in [0.2, 0.25) is 0 Å². The van der Waals surface area contributed by atoms with Gasteiger partial charge >= 0.3 is 0 Å². The second-order valence-corrected chi connectivity index (χ2v) is 6.82. The van der Waals surface area contributed by atoms with E-state index in [1.807, 2.05) is 25.2 Å². The Kier molecular flexibility index (Phi) is 20.3. The van der Waals surface area contributed by atoms with Gasteiger partial charge in [0, 0.05) is 6.54 Å². The molecule has 0 saturated heterocycles. The highest BCUT2D eigenvalue weighted by molar-refractivity contribution is 5.15. The lowest BCUT2D eigenvalue weighted by molar-refractivity contribution is 0.0752. The van der Waals surface area contributed by atoms with E-state index in [1.165, 1.54) is 38.5 Å². The summed E-state index contributed by atoms with van der Waals surface area (Å²) in [6, 6.07) is 0. The van der Waals surface area contributed by atoms with Crippen LogP contribution in [-0.2, 0) is 4.74 Å². The number of nitrogens with one attached hydrogen (secondary N) is 2. The molecule has 0 aliphatic rings. The summed E-state index contributed by atoms with van der Waals surface area (Å²) in [6.07, 6.45) is 16.6. The number of rotatable bonds is 20. The zero-order valence-electron chi connectivity index (χ0n) is 17.4. The third-order valence-electron chi connectivity index (χ3n) is 4.27. The van der Waals surface area contributed by atoms with Crippen molar-refractivity contribution in [3.05, 3.63) is 36.6 Å². The first-order chi connectivity index (χ1) is 13.2. The maximum absolute atomic E-state index is 9.94. The standard InChI is InChI=1S/C22H43N3O2/c1-3-5-14-22(4-2)27-20-21(26)19-25-18-13-9-8-12-17-24-16-11-7-6-10-15-23/h3-5,14,21,24-26H,1,6-13,15-20,23H2,2H3/b14-5-,22-4+. The molecule has 0 spiro atoms. The minimum atomic E-state index is -0.494. The SMILES string of the molecule is C=C/C=C\C(=C/C)OCC(O)CNCCCCCCNCCCCCCN. The molecule has 0 radical (unpaired) electrons. The Hall–Kier alpha value is -1.14. The van der Waals surface area contributed by atoms with Crippen LogP contribution in [0.2, 0.25) is 0 Å². The Morgan fingerprint density at radius 2 is 1.59 bits per heavy atom. The first kappa shape index (κ1) is 25.9. The molecule has 0 aromatic rings. The van der Waals surface area contributed by atoms with E-state index in [9.17, 15) is 5.11 Å². The van der Waals surface area contributed by atoms with Crippen LogP contribution in [0.15, 0.2) is 36.6 Å². The average molecular weight is 382 g/mol. The van der Waals surface area contributed by atoms with Crippen molar-refractivity contribution >= 4 is 0 Å². The van der Waals surface area contributed by atoms with E-state index in [-0.39, 0.29) is 0 Å². The number of aliphatic hydroxyl groups excluding tert-OH is 1. The lowest BCUT2D eigenvalue weighted by Gasteiger charge is -2.13. The van der Waals surface area contributed by atoms with Gasteiger partial charge in [0.15, 0.2) is 0 Å². The number of ether oxygens (including phenoxy) is 1. The molecule has 0 bridgehead atoms. The lowest BCUT2D eigenvalue weighted by atomic mass is 10.2. The zero-order valence-corrected chi connectivity index (χ0v) is 17.4. The number of nitrogens with two attached hydrogens (primary N) is 1. The highest BCUT2D eigenvalue weighted by Gasteiger charge is 2.04. The number of unbranched alkanes of at least 4 members (excludes halogenated alkanes) is 6. The summed E-state index contributed by atoms with van der Waals surface area (Å²) in [6.45, 7) is 10.4. The minimum absolute atomic E-state index is 0.298. The molecule has 0 amide bonds. The predicted octanol–water partition coefficient (Wildman–Crippen LogP) is 3.27. The summed E-state index contributed by atoms with van der Waals surface area (Å²) in [5.74, 6) is 0.748. The topological polar surface area (TPSA) is 79.5 Å². The van der Waals surface area contributed by atoms with Crippen LogP contribution in [0.4, 0.5) is 0 Å². The highest BCUT2D eigenvalue weighted by Crippen LogP contribution is 2.02. The van der Waals surface area contributed by atoms with Crippen molar-refractivity contribution in [2.75, 3.05) is 39.3 Å². The van der Waals surface area contributed by atoms with Crippen LogP contribution in [-0.4, -0.2) is 50.5 Å². The van der Waals surface area contributed by atoms with E-state index < -0.39 is 6.10 Å². The van der Waals surface area contributed by atoms with Gasteiger partial charge < -0.3 is 26.2 Å². The van der Waals surface area contributed by atoms with Gasteiger partial charge in [-0.1, -0.05) is 44.4 Å². The summed E-state index contributed by atoms with van der Waals surface area (Å²) in [4.78, 5) is 0. The van der Waals surface area contributed by atoms with Crippen molar-refractivity contribution in [3.63, 3.8) is 0 Å². The largest absolute Gasteiger partial charge is 0.491 e. The average Bonchev–Trinajstić information content (AvgIpc) is 2.68. The molecule has 0 aliphatic carbocycles. The smallest absolute Gasteiger partial charge is 0.115 e. The molecule has 0 heterocycles. The molecule has 5 nitrogen and oxygen atoms in total. The van der Waals surface area contributed by atoms with Crippen LogP contribution in [0, 0.1) is 0 Å². The van der Waals surface area contributed by atoms with E-state index in [2.05, 4.69) is 17.2 Å². The van der Waals surface area contributed by atoms with Crippen molar-refractivity contribution in [1.82, 2.24) is 10.6 Å². The number of allylic oxidation sites excluding steroid dienone is 4. The van der Waals surface area contributed by atoms with Crippen LogP contribution in [0.1, 0.15) is 58.3 Å². The fourth-order valence-corrected chi connectivity index (χ4v) is 2.64. The van der Waals surface area contributed by atoms with E-state index in [4.69, 9.17) is 10.5 Å². The van der Waals surface area contributed by atoms with E-state index >= 15 is 0 Å². The van der Waals surface area contributed by atoms with E-state index in [0.29, 0.717) is 13.2 Å². The van der Waals surface area contributed by atoms with Gasteiger partial charge in [0.05, 0.1) is 0 Å². The Morgan fingerprint density at radius 3 is 2.15 bits per heavy atom. The summed E-state index contributed by atoms with van der Waals surface area (Å²) >= 11 is 0. The summed E-state index contributed by atoms with van der Waals surface area (Å²) < 4.78 is 5.55. The normalized spacial score (nSPS) is 13.2. The van der Waals surface area contributed by atoms with Crippen LogP contribution in [0.5, 0.6) is 0 Å². The first-order valence-corrected chi connectivity index (χ1v) is 10.6. The van der Waals surface area contributed by atoms with Gasteiger partial charge in [-0.25, -0.2) is 0 Å². The van der Waals surface area contributed by atoms with Crippen LogP contribution in [0.3, 0.4) is 0 Å². The third-order valence-corrected chi connectivity index (χ3v) is 4.27. The van der Waals surface area contributed by atoms with E-state index in [1.54, 1.807) is 6.08 Å². The molecule has 0 aliphatic heterocycles. The van der Waals surface area contributed by atoms with Gasteiger partial charge in [0.1, 0.15) is 18.5 Å². The molecule has 5 heteroatoms. The molecular weight excluding hydrogens is 338 g/mol. The molecule has 27 heavy (non-hydrogen) atoms. The minimum Gasteiger partial charge on any atom is -0.491 e. The molecule has 0 fully saturated rings. The number of aliphatic hydroxyl groups is 1. The van der Waals surface area contributed by atoms with Crippen LogP contribution in [0.25, 0.3) is 0 Å². The van der Waals surface area contributed by atoms with Gasteiger partial charge in [-0.05, 0) is 70.9 Å². The number of hydrogen-bond donors (Lipinski definition) is 4. The van der Waals surface area contributed by atoms with E-state index in [0.717, 1.165) is 44.8 Å². The monoisotopic (exact) mass is 381 g/mol. The van der Waals surface area contributed by atoms with Crippen molar-refractivity contribution in [2.45, 2.75) is 64.4 Å². The second-order valence-electron chi connectivity index (χ2n) is 6.82. The first-order valence-electron chi connectivity index (χ1n) is 10.6. The van der Waals surface area contributed by atoms with Crippen LogP contribution < -0.4 is 16.4 Å². The van der Waals surface area contributed by atoms with Crippen molar-refractivity contribution in [1.29, 1.82) is 0 Å². The summed E-state index contributed by atoms with van der Waals surface area (Å²) in [7, 11) is 0. The molecule has 0 aromatic carbocycles. The summed E-state index contributed by atoms with van der Waals surface area (Å²) in [5, 5.41) is 16.7. The summed E-state index contributed by atoms with van der Waals surface area (Å²) in [5.41, 5.74) is 5.48. The maximum Gasteiger partial charge on any atom is 0.115 e. The molecule has 0 rings (SSSR count). The van der Waals surface area contributed by atoms with Crippen molar-refractivity contribution in [3.8, 4) is 0 Å². The maximum atomic E-state index is 9.94. The lowest BCUT2D eigenvalue weighted by Crippen LogP contribution is -2.30. The van der Waals surface area contributed by atoms with Crippen molar-refractivity contribution in [2.24, 2.45) is 5.73 Å². The molecule has 0 aromatic heterocycles. The molecule has 5 N–H and O–H groups in total. The van der Waals surface area contributed by atoms with Gasteiger partial charge in [-0.15, -0.1) is 0 Å². The Balaban J connectivity index is 3.34. The van der Waals surface area contributed by atoms with Crippen molar-refractivity contribution < 1.29 is 9.84 Å². The number of hydrogen-bond acceptors (Lipinski definition) is 5. The zero-order chi connectivity index (χ0) is 20.0. The van der Waals surface area contributed by atoms with Crippen LogP contribution >= 0.6 is 0 Å². The highest BCUT2D eigenvalue weighted by atomic mass is 16.5. The Bertz CT molecular complexity index is 384. The fourth-order valence-electron chi connectivity index (χ4n) is 2.64. The molecular formula is C22H43N3O2. The predicted molar refractivity (Wildman–Crippen MR) is 117 cm³/mol. The second kappa shape index (κ2) is 21.2. The Morgan fingerprint density at radius 1 is 1.00 bits per heavy atom. The molecule has 0 saturated carbocycles. The quantitative estimate of drug-likeness (QED) is 0.148. The molecule has 158 valence electrons. The van der Waals surface area contributed by atoms with Gasteiger partial charge in [-0.3, -0.25) is 0 Å². The third kappa shape index (κ3) is 19.4. The fraction of sp³-hybridized carbons (Fsp3) is 0.727. The Labute approximate surface area is 167 Å². The van der Waals surface area contributed by atoms with Gasteiger partial charge in [-0.2, -0.15) is 0 Å².